The van der Waals surface area contributed by atoms with Gasteiger partial charge in [-0.15, -0.1) is 0 Å². The molecule has 1 N–H and O–H groups in total. The van der Waals surface area contributed by atoms with E-state index >= 15 is 0 Å². The van der Waals surface area contributed by atoms with Crippen molar-refractivity contribution in [2.75, 3.05) is 6.61 Å². The molecule has 0 saturated carbocycles. The normalized spacial score (nSPS) is 13.0. The van der Waals surface area contributed by atoms with Gasteiger partial charge in [-0.3, -0.25) is 9.59 Å². The lowest BCUT2D eigenvalue weighted by Crippen LogP contribution is -2.24. The van der Waals surface area contributed by atoms with E-state index in [1.807, 2.05) is 49.5 Å². The quantitative estimate of drug-likeness (QED) is 0.460. The van der Waals surface area contributed by atoms with Crippen molar-refractivity contribution < 1.29 is 9.53 Å². The largest absolute Gasteiger partial charge is 0.494 e. The Bertz CT molecular complexity index is 1390. The minimum atomic E-state index is -0.151. The van der Waals surface area contributed by atoms with Crippen molar-refractivity contribution >= 4 is 11.4 Å². The number of carbonyl (C=O) groups is 1. The van der Waals surface area contributed by atoms with Gasteiger partial charge in [0.05, 0.1) is 18.8 Å². The van der Waals surface area contributed by atoms with Gasteiger partial charge in [-0.2, -0.15) is 5.10 Å². The van der Waals surface area contributed by atoms with Gasteiger partial charge in [0, 0.05) is 35.6 Å². The fourth-order valence-electron chi connectivity index (χ4n) is 4.56. The highest BCUT2D eigenvalue weighted by atomic mass is 16.5. The van der Waals surface area contributed by atoms with Gasteiger partial charge in [0.15, 0.2) is 0 Å². The predicted octanol–water partition coefficient (Wildman–Crippen LogP) is 3.75. The molecule has 7 nitrogen and oxygen atoms in total. The summed E-state index contributed by atoms with van der Waals surface area (Å²) < 4.78 is 9.07. The molecule has 34 heavy (non-hydrogen) atoms. The summed E-state index contributed by atoms with van der Waals surface area (Å²) in [5.74, 6) is 0.629. The molecule has 1 aliphatic rings. The summed E-state index contributed by atoms with van der Waals surface area (Å²) in [6, 6.07) is 15.1. The lowest BCUT2D eigenvalue weighted by molar-refractivity contribution is 0.0950. The summed E-state index contributed by atoms with van der Waals surface area (Å²) in [4.78, 5) is 25.8. The molecule has 2 heterocycles. The van der Waals surface area contributed by atoms with Gasteiger partial charge in [0.2, 0.25) is 0 Å². The number of ether oxygens (including phenoxy) is 1. The van der Waals surface area contributed by atoms with Crippen molar-refractivity contribution in [3.63, 3.8) is 0 Å². The Balaban J connectivity index is 1.28. The van der Waals surface area contributed by atoms with Crippen molar-refractivity contribution in [2.24, 2.45) is 0 Å². The Morgan fingerprint density at radius 1 is 1.06 bits per heavy atom. The fourth-order valence-corrected chi connectivity index (χ4v) is 4.56. The highest BCUT2D eigenvalue weighted by molar-refractivity contribution is 5.94. The first-order valence-corrected chi connectivity index (χ1v) is 11.8. The van der Waals surface area contributed by atoms with Gasteiger partial charge in [-0.05, 0) is 56.4 Å². The Kier molecular flexibility index (Phi) is 6.16. The van der Waals surface area contributed by atoms with E-state index in [2.05, 4.69) is 10.4 Å². The van der Waals surface area contributed by atoms with E-state index in [0.29, 0.717) is 30.8 Å². The Hall–Kier alpha value is -3.87. The van der Waals surface area contributed by atoms with E-state index in [-0.39, 0.29) is 11.5 Å². The minimum absolute atomic E-state index is 0.0204. The number of rotatable bonds is 7. The fraction of sp³-hybridized carbons (Fsp3) is 0.296. The molecular weight excluding hydrogens is 428 g/mol. The third kappa shape index (κ3) is 4.33. The number of carbonyl (C=O) groups excluding carboxylic acids is 1. The summed E-state index contributed by atoms with van der Waals surface area (Å²) >= 11 is 0. The second kappa shape index (κ2) is 9.55. The second-order valence-corrected chi connectivity index (χ2v) is 8.58. The average Bonchev–Trinajstić information content (AvgIpc) is 3.25. The molecule has 4 aromatic rings. The van der Waals surface area contributed by atoms with Crippen LogP contribution in [0.1, 0.15) is 52.5 Å². The summed E-state index contributed by atoms with van der Waals surface area (Å²) in [5.41, 5.74) is 5.30. The number of hydrogen-bond donors (Lipinski definition) is 1. The van der Waals surface area contributed by atoms with Crippen molar-refractivity contribution in [2.45, 2.75) is 45.7 Å². The van der Waals surface area contributed by atoms with Crippen LogP contribution in [0.25, 0.3) is 5.52 Å². The molecule has 0 radical (unpaired) electrons. The van der Waals surface area contributed by atoms with E-state index in [9.17, 15) is 9.59 Å². The maximum atomic E-state index is 13.2. The van der Waals surface area contributed by atoms with Crippen LogP contribution in [-0.2, 0) is 25.9 Å². The summed E-state index contributed by atoms with van der Waals surface area (Å²) in [5, 5.41) is 7.55. The van der Waals surface area contributed by atoms with Crippen LogP contribution in [0.3, 0.4) is 0 Å². The van der Waals surface area contributed by atoms with Crippen LogP contribution in [-0.4, -0.2) is 26.7 Å². The molecule has 5 rings (SSSR count). The van der Waals surface area contributed by atoms with E-state index in [4.69, 9.17) is 4.74 Å². The lowest BCUT2D eigenvalue weighted by atomic mass is 9.97. The first-order valence-electron chi connectivity index (χ1n) is 11.8. The van der Waals surface area contributed by atoms with Crippen LogP contribution in [0.2, 0.25) is 0 Å². The zero-order valence-corrected chi connectivity index (χ0v) is 19.3. The number of nitrogens with zero attached hydrogens (tertiary/aromatic N) is 3. The molecular formula is C27H28N4O3. The number of aryl methyl sites for hydroxylation is 2. The molecule has 0 atom stereocenters. The smallest absolute Gasteiger partial charge is 0.277 e. The maximum absolute atomic E-state index is 13.2. The molecule has 0 spiro atoms. The third-order valence-corrected chi connectivity index (χ3v) is 6.31. The monoisotopic (exact) mass is 456 g/mol. The molecule has 0 unspecified atom stereocenters. The Morgan fingerprint density at radius 3 is 2.68 bits per heavy atom. The molecule has 174 valence electrons. The summed E-state index contributed by atoms with van der Waals surface area (Å²) in [6.45, 7) is 3.35. The standard InChI is InChI=1S/C27H28N4O3/c1-2-34-24-10-6-3-7-21(24)17-28-26(32)20-13-11-19(12-14-20)18-30-15-16-31-25(27(30)33)22-8-4-5-9-23(22)29-31/h3,6-7,10-16H,2,4-5,8-9,17-18H2,1H3,(H,28,32). The van der Waals surface area contributed by atoms with Crippen molar-refractivity contribution in [3.8, 4) is 5.75 Å². The highest BCUT2D eigenvalue weighted by Gasteiger charge is 2.19. The number of nitrogens with one attached hydrogen (secondary N) is 1. The SMILES string of the molecule is CCOc1ccccc1CNC(=O)c1ccc(Cn2ccn3nc4c(c3c2=O)CCCC4)cc1. The van der Waals surface area contributed by atoms with Crippen molar-refractivity contribution in [1.29, 1.82) is 0 Å². The first kappa shape index (κ1) is 21.9. The molecule has 0 bridgehead atoms. The van der Waals surface area contributed by atoms with Crippen LogP contribution in [0.4, 0.5) is 0 Å². The molecule has 0 saturated heterocycles. The van der Waals surface area contributed by atoms with Crippen LogP contribution >= 0.6 is 0 Å². The van der Waals surface area contributed by atoms with Gasteiger partial charge < -0.3 is 14.6 Å². The summed E-state index contributed by atoms with van der Waals surface area (Å²) in [6.07, 6.45) is 7.72. The molecule has 0 aliphatic heterocycles. The van der Waals surface area contributed by atoms with Crippen molar-refractivity contribution in [1.82, 2.24) is 19.5 Å². The number of fused-ring (bicyclic) bond motifs is 3. The van der Waals surface area contributed by atoms with Crippen molar-refractivity contribution in [3.05, 3.63) is 99.2 Å². The molecule has 7 heteroatoms. The van der Waals surface area contributed by atoms with Crippen LogP contribution < -0.4 is 15.6 Å². The number of benzene rings is 2. The number of para-hydroxylation sites is 1. The van der Waals surface area contributed by atoms with Gasteiger partial charge in [0.1, 0.15) is 11.3 Å². The molecule has 0 fully saturated rings. The van der Waals surface area contributed by atoms with Crippen LogP contribution in [0.15, 0.2) is 65.7 Å². The van der Waals surface area contributed by atoms with Gasteiger partial charge in [-0.1, -0.05) is 30.3 Å². The number of hydrogen-bond acceptors (Lipinski definition) is 4. The van der Waals surface area contributed by atoms with E-state index in [1.54, 1.807) is 27.4 Å². The molecule has 2 aromatic heterocycles. The van der Waals surface area contributed by atoms with Gasteiger partial charge in [-0.25, -0.2) is 4.52 Å². The molecule has 2 aromatic carbocycles. The van der Waals surface area contributed by atoms with E-state index in [1.165, 1.54) is 0 Å². The highest BCUT2D eigenvalue weighted by Crippen LogP contribution is 2.23. The topological polar surface area (TPSA) is 77.6 Å². The predicted molar refractivity (Wildman–Crippen MR) is 130 cm³/mol. The van der Waals surface area contributed by atoms with E-state index < -0.39 is 0 Å². The van der Waals surface area contributed by atoms with Crippen LogP contribution in [0, 0.1) is 0 Å². The minimum Gasteiger partial charge on any atom is -0.494 e. The lowest BCUT2D eigenvalue weighted by Gasteiger charge is -2.11. The average molecular weight is 457 g/mol. The third-order valence-electron chi connectivity index (χ3n) is 6.31. The zero-order chi connectivity index (χ0) is 23.5. The van der Waals surface area contributed by atoms with Gasteiger partial charge in [0.25, 0.3) is 11.5 Å². The maximum Gasteiger partial charge on any atom is 0.277 e. The molecule has 1 aliphatic carbocycles. The number of aromatic nitrogens is 3. The first-order chi connectivity index (χ1) is 16.6. The van der Waals surface area contributed by atoms with Gasteiger partial charge >= 0.3 is 0 Å². The summed E-state index contributed by atoms with van der Waals surface area (Å²) in [7, 11) is 0. The van der Waals surface area contributed by atoms with Crippen LogP contribution in [0.5, 0.6) is 5.75 Å². The Morgan fingerprint density at radius 2 is 1.85 bits per heavy atom. The van der Waals surface area contributed by atoms with E-state index in [0.717, 1.165) is 53.8 Å². The Labute approximate surface area is 198 Å². The molecule has 1 amide bonds. The number of amides is 1. The zero-order valence-electron chi connectivity index (χ0n) is 19.3. The second-order valence-electron chi connectivity index (χ2n) is 8.58.